The van der Waals surface area contributed by atoms with Gasteiger partial charge in [-0.3, -0.25) is 0 Å². The van der Waals surface area contributed by atoms with Crippen LogP contribution in [0.25, 0.3) is 0 Å². The Bertz CT molecular complexity index is 427. The van der Waals surface area contributed by atoms with Gasteiger partial charge in [-0.15, -0.1) is 0 Å². The first-order chi connectivity index (χ1) is 7.81. The predicted octanol–water partition coefficient (Wildman–Crippen LogP) is 2.38. The highest BCUT2D eigenvalue weighted by molar-refractivity contribution is 6.99. The van der Waals surface area contributed by atoms with Crippen LogP contribution in [0, 0.1) is 5.82 Å². The number of halogens is 1. The van der Waals surface area contributed by atoms with Crippen LogP contribution in [0.1, 0.15) is 24.2 Å². The average Bonchev–Trinajstić information content (AvgIpc) is 2.81. The third-order valence-corrected chi connectivity index (χ3v) is 2.78. The Morgan fingerprint density at radius 2 is 2.12 bits per heavy atom. The van der Waals surface area contributed by atoms with Gasteiger partial charge >= 0.3 is 0 Å². The van der Waals surface area contributed by atoms with E-state index in [0.717, 1.165) is 17.8 Å². The number of hydrogen-bond donors (Lipinski definition) is 1. The van der Waals surface area contributed by atoms with E-state index < -0.39 is 0 Å². The number of nitrogens with one attached hydrogen (secondary N) is 1. The summed E-state index contributed by atoms with van der Waals surface area (Å²) in [6.45, 7) is 2.84. The lowest BCUT2D eigenvalue weighted by atomic mass is 10.0. The van der Waals surface area contributed by atoms with Crippen molar-refractivity contribution in [2.45, 2.75) is 13.0 Å². The van der Waals surface area contributed by atoms with Crippen LogP contribution in [-0.4, -0.2) is 15.3 Å². The Kier molecular flexibility index (Phi) is 3.58. The van der Waals surface area contributed by atoms with Crippen molar-refractivity contribution in [1.29, 1.82) is 0 Å². The molecule has 2 aromatic rings. The molecular weight excluding hydrogens is 225 g/mol. The number of nitrogens with zero attached hydrogens (tertiary/aromatic N) is 2. The molecule has 1 heterocycles. The molecule has 84 valence electrons. The molecule has 0 spiro atoms. The number of aromatic nitrogens is 2. The Morgan fingerprint density at radius 1 is 1.38 bits per heavy atom. The van der Waals surface area contributed by atoms with Crippen molar-refractivity contribution in [3.63, 3.8) is 0 Å². The van der Waals surface area contributed by atoms with E-state index in [1.807, 2.05) is 6.92 Å². The molecular formula is C11H12FN3S. The first-order valence-corrected chi connectivity index (χ1v) is 5.80. The molecule has 0 amide bonds. The molecule has 0 radical (unpaired) electrons. The van der Waals surface area contributed by atoms with Gasteiger partial charge in [-0.25, -0.2) is 4.39 Å². The molecule has 0 aliphatic carbocycles. The van der Waals surface area contributed by atoms with Gasteiger partial charge in [0.1, 0.15) is 5.82 Å². The quantitative estimate of drug-likeness (QED) is 0.887. The highest BCUT2D eigenvalue weighted by atomic mass is 32.1. The van der Waals surface area contributed by atoms with Gasteiger partial charge in [-0.1, -0.05) is 19.1 Å². The molecule has 0 bridgehead atoms. The zero-order valence-electron chi connectivity index (χ0n) is 8.85. The van der Waals surface area contributed by atoms with Crippen LogP contribution in [0.5, 0.6) is 0 Å². The zero-order valence-corrected chi connectivity index (χ0v) is 9.67. The van der Waals surface area contributed by atoms with Gasteiger partial charge in [0, 0.05) is 0 Å². The van der Waals surface area contributed by atoms with E-state index in [1.54, 1.807) is 18.3 Å². The molecule has 0 saturated heterocycles. The normalized spacial score (nSPS) is 12.6. The van der Waals surface area contributed by atoms with Crippen molar-refractivity contribution in [1.82, 2.24) is 14.1 Å². The van der Waals surface area contributed by atoms with Crippen LogP contribution >= 0.6 is 11.7 Å². The van der Waals surface area contributed by atoms with Crippen LogP contribution in [0.4, 0.5) is 4.39 Å². The van der Waals surface area contributed by atoms with Crippen LogP contribution in [0.15, 0.2) is 30.5 Å². The third kappa shape index (κ3) is 2.43. The van der Waals surface area contributed by atoms with E-state index in [9.17, 15) is 4.39 Å². The number of hydrogen-bond acceptors (Lipinski definition) is 4. The van der Waals surface area contributed by atoms with E-state index in [4.69, 9.17) is 0 Å². The fourth-order valence-corrected chi connectivity index (χ4v) is 2.00. The minimum Gasteiger partial charge on any atom is -0.305 e. The standard InChI is InChI=1S/C11H12FN3S/c1-2-13-11(10-7-14-16-15-10)8-3-5-9(12)6-4-8/h3-7,11,13H,2H2,1H3. The van der Waals surface area contributed by atoms with E-state index in [-0.39, 0.29) is 11.9 Å². The Morgan fingerprint density at radius 3 is 2.69 bits per heavy atom. The lowest BCUT2D eigenvalue weighted by molar-refractivity contribution is 0.608. The Hall–Kier alpha value is -1.33. The van der Waals surface area contributed by atoms with Crippen molar-refractivity contribution in [3.8, 4) is 0 Å². The molecule has 16 heavy (non-hydrogen) atoms. The summed E-state index contributed by atoms with van der Waals surface area (Å²) in [5, 5.41) is 3.30. The van der Waals surface area contributed by atoms with E-state index in [0.29, 0.717) is 0 Å². The fourth-order valence-electron chi connectivity index (χ4n) is 1.55. The van der Waals surface area contributed by atoms with Crippen LogP contribution in [-0.2, 0) is 0 Å². The van der Waals surface area contributed by atoms with Gasteiger partial charge in [0.2, 0.25) is 0 Å². The summed E-state index contributed by atoms with van der Waals surface area (Å²) in [5.74, 6) is -0.226. The second-order valence-electron chi connectivity index (χ2n) is 3.37. The lowest BCUT2D eigenvalue weighted by Crippen LogP contribution is -2.22. The molecule has 1 aromatic carbocycles. The summed E-state index contributed by atoms with van der Waals surface area (Å²) < 4.78 is 21.0. The molecule has 0 fully saturated rings. The van der Waals surface area contributed by atoms with E-state index in [2.05, 4.69) is 14.1 Å². The summed E-state index contributed by atoms with van der Waals surface area (Å²) >= 11 is 1.18. The number of benzene rings is 1. The Labute approximate surface area is 97.7 Å². The number of rotatable bonds is 4. The second-order valence-corrected chi connectivity index (χ2v) is 3.93. The zero-order chi connectivity index (χ0) is 11.4. The maximum atomic E-state index is 12.8. The molecule has 0 aliphatic rings. The van der Waals surface area contributed by atoms with Crippen LogP contribution < -0.4 is 5.32 Å². The van der Waals surface area contributed by atoms with Gasteiger partial charge in [-0.2, -0.15) is 8.75 Å². The summed E-state index contributed by atoms with van der Waals surface area (Å²) in [6.07, 6.45) is 1.74. The summed E-state index contributed by atoms with van der Waals surface area (Å²) in [5.41, 5.74) is 1.87. The topological polar surface area (TPSA) is 37.8 Å². The minimum absolute atomic E-state index is 0.00986. The molecule has 1 aromatic heterocycles. The monoisotopic (exact) mass is 237 g/mol. The summed E-state index contributed by atoms with van der Waals surface area (Å²) in [7, 11) is 0. The van der Waals surface area contributed by atoms with Crippen molar-refractivity contribution in [2.75, 3.05) is 6.54 Å². The predicted molar refractivity (Wildman–Crippen MR) is 61.8 cm³/mol. The largest absolute Gasteiger partial charge is 0.305 e. The molecule has 3 nitrogen and oxygen atoms in total. The summed E-state index contributed by atoms with van der Waals surface area (Å²) in [6, 6.07) is 6.44. The first-order valence-electron chi connectivity index (χ1n) is 5.07. The van der Waals surface area contributed by atoms with E-state index in [1.165, 1.54) is 23.9 Å². The SMILES string of the molecule is CCNC(c1ccc(F)cc1)c1cnsn1. The van der Waals surface area contributed by atoms with Gasteiger partial charge in [-0.05, 0) is 24.2 Å². The third-order valence-electron chi connectivity index (χ3n) is 2.29. The summed E-state index contributed by atoms with van der Waals surface area (Å²) in [4.78, 5) is 0. The Balaban J connectivity index is 2.29. The first kappa shape index (κ1) is 11.2. The maximum absolute atomic E-state index is 12.8. The average molecular weight is 237 g/mol. The lowest BCUT2D eigenvalue weighted by Gasteiger charge is -2.15. The van der Waals surface area contributed by atoms with E-state index >= 15 is 0 Å². The van der Waals surface area contributed by atoms with Gasteiger partial charge in [0.25, 0.3) is 0 Å². The van der Waals surface area contributed by atoms with Crippen molar-refractivity contribution in [3.05, 3.63) is 47.5 Å². The van der Waals surface area contributed by atoms with Gasteiger partial charge < -0.3 is 5.32 Å². The highest BCUT2D eigenvalue weighted by Crippen LogP contribution is 2.20. The van der Waals surface area contributed by atoms with Gasteiger partial charge in [0.05, 0.1) is 29.7 Å². The van der Waals surface area contributed by atoms with Crippen molar-refractivity contribution >= 4 is 11.7 Å². The molecule has 1 unspecified atom stereocenters. The second kappa shape index (κ2) is 5.14. The fraction of sp³-hybridized carbons (Fsp3) is 0.273. The molecule has 1 N–H and O–H groups in total. The molecule has 2 rings (SSSR count). The van der Waals surface area contributed by atoms with Crippen LogP contribution in [0.2, 0.25) is 0 Å². The highest BCUT2D eigenvalue weighted by Gasteiger charge is 2.15. The van der Waals surface area contributed by atoms with Crippen molar-refractivity contribution in [2.24, 2.45) is 0 Å². The maximum Gasteiger partial charge on any atom is 0.123 e. The van der Waals surface area contributed by atoms with Crippen LogP contribution in [0.3, 0.4) is 0 Å². The van der Waals surface area contributed by atoms with Crippen molar-refractivity contribution < 1.29 is 4.39 Å². The minimum atomic E-state index is -0.226. The smallest absolute Gasteiger partial charge is 0.123 e. The molecule has 1 atom stereocenters. The molecule has 0 saturated carbocycles. The molecule has 0 aliphatic heterocycles. The molecule has 5 heteroatoms. The van der Waals surface area contributed by atoms with Gasteiger partial charge in [0.15, 0.2) is 0 Å².